The quantitative estimate of drug-likeness (QED) is 0.778. The van der Waals surface area contributed by atoms with Crippen molar-refractivity contribution in [1.29, 1.82) is 0 Å². The number of aryl methyl sites for hydroxylation is 2. The third-order valence-electron chi connectivity index (χ3n) is 3.66. The van der Waals surface area contributed by atoms with Crippen LogP contribution in [-0.4, -0.2) is 9.97 Å². The predicted molar refractivity (Wildman–Crippen MR) is 79.7 cm³/mol. The third-order valence-corrected chi connectivity index (χ3v) is 3.96. The molecule has 0 atom stereocenters. The molecule has 2 aromatic rings. The molecule has 0 aliphatic heterocycles. The van der Waals surface area contributed by atoms with Gasteiger partial charge in [-0.1, -0.05) is 31.5 Å². The average Bonchev–Trinajstić information content (AvgIpc) is 2.85. The summed E-state index contributed by atoms with van der Waals surface area (Å²) in [7, 11) is 0. The number of fused-ring (bicyclic) bond motifs is 1. The van der Waals surface area contributed by atoms with E-state index in [1.165, 1.54) is 30.3 Å². The van der Waals surface area contributed by atoms with Crippen molar-refractivity contribution in [1.82, 2.24) is 9.97 Å². The van der Waals surface area contributed by atoms with E-state index in [9.17, 15) is 0 Å². The molecule has 3 rings (SSSR count). The molecule has 0 amide bonds. The molecule has 0 saturated heterocycles. The topological polar surface area (TPSA) is 35.0 Å². The van der Waals surface area contributed by atoms with Crippen molar-refractivity contribution in [2.45, 2.75) is 39.0 Å². The summed E-state index contributed by atoms with van der Waals surface area (Å²) in [6.45, 7) is 4.11. The van der Waals surface area contributed by atoms with Gasteiger partial charge in [0.25, 0.3) is 0 Å². The van der Waals surface area contributed by atoms with Crippen molar-refractivity contribution in [3.63, 3.8) is 0 Å². The number of hydrogen-bond donors (Lipinski definition) is 0. The van der Waals surface area contributed by atoms with Crippen molar-refractivity contribution < 1.29 is 4.74 Å². The van der Waals surface area contributed by atoms with Crippen LogP contribution in [0.5, 0.6) is 11.6 Å². The Morgan fingerprint density at radius 2 is 1.95 bits per heavy atom. The molecule has 0 N–H and O–H groups in total. The predicted octanol–water partition coefficient (Wildman–Crippen LogP) is 4.53. The number of nitrogens with zero attached hydrogens (tertiary/aromatic N) is 2. The van der Waals surface area contributed by atoms with Crippen LogP contribution >= 0.6 is 11.6 Å². The smallest absolute Gasteiger partial charge is 0.227 e. The van der Waals surface area contributed by atoms with E-state index in [1.54, 1.807) is 0 Å². The molecule has 1 aliphatic rings. The number of aromatic nitrogens is 2. The monoisotopic (exact) mass is 288 g/mol. The van der Waals surface area contributed by atoms with E-state index in [-0.39, 0.29) is 5.92 Å². The molecule has 0 saturated carbocycles. The van der Waals surface area contributed by atoms with Crippen LogP contribution in [0.2, 0.25) is 5.15 Å². The second-order valence-electron chi connectivity index (χ2n) is 5.42. The van der Waals surface area contributed by atoms with Gasteiger partial charge in [0.15, 0.2) is 0 Å². The van der Waals surface area contributed by atoms with Gasteiger partial charge in [0.05, 0.1) is 5.56 Å². The maximum absolute atomic E-state index is 6.15. The van der Waals surface area contributed by atoms with Gasteiger partial charge in [-0.25, -0.2) is 9.97 Å². The van der Waals surface area contributed by atoms with Crippen LogP contribution in [0.1, 0.15) is 42.9 Å². The lowest BCUT2D eigenvalue weighted by molar-refractivity contribution is 0.450. The van der Waals surface area contributed by atoms with Gasteiger partial charge in [-0.2, -0.15) is 0 Å². The molecule has 0 bridgehead atoms. The summed E-state index contributed by atoms with van der Waals surface area (Å²) in [6.07, 6.45) is 4.98. The lowest BCUT2D eigenvalue weighted by Crippen LogP contribution is -2.00. The summed E-state index contributed by atoms with van der Waals surface area (Å²) in [4.78, 5) is 8.27. The summed E-state index contributed by atoms with van der Waals surface area (Å²) in [5.74, 6) is 1.59. The lowest BCUT2D eigenvalue weighted by atomic mass is 10.1. The number of rotatable bonds is 3. The van der Waals surface area contributed by atoms with Crippen LogP contribution in [0.15, 0.2) is 24.5 Å². The van der Waals surface area contributed by atoms with Crippen LogP contribution in [0, 0.1) is 0 Å². The van der Waals surface area contributed by atoms with Gasteiger partial charge in [0, 0.05) is 0 Å². The van der Waals surface area contributed by atoms with E-state index in [4.69, 9.17) is 16.3 Å². The van der Waals surface area contributed by atoms with E-state index in [0.29, 0.717) is 11.0 Å². The highest BCUT2D eigenvalue weighted by atomic mass is 35.5. The maximum atomic E-state index is 6.15. The lowest BCUT2D eigenvalue weighted by Gasteiger charge is -2.13. The largest absolute Gasteiger partial charge is 0.439 e. The number of benzene rings is 1. The molecular weight excluding hydrogens is 272 g/mol. The first-order valence-electron chi connectivity index (χ1n) is 6.95. The summed E-state index contributed by atoms with van der Waals surface area (Å²) in [6, 6.07) is 6.27. The molecule has 1 aliphatic carbocycles. The fourth-order valence-corrected chi connectivity index (χ4v) is 2.99. The Balaban J connectivity index is 1.93. The van der Waals surface area contributed by atoms with Crippen LogP contribution in [0.25, 0.3) is 0 Å². The molecule has 0 radical (unpaired) electrons. The normalized spacial score (nSPS) is 13.6. The Labute approximate surface area is 124 Å². The fourth-order valence-electron chi connectivity index (χ4n) is 2.65. The second-order valence-corrected chi connectivity index (χ2v) is 5.78. The molecule has 0 spiro atoms. The van der Waals surface area contributed by atoms with Gasteiger partial charge in [0.1, 0.15) is 17.2 Å². The van der Waals surface area contributed by atoms with Crippen LogP contribution < -0.4 is 4.74 Å². The Morgan fingerprint density at radius 1 is 1.15 bits per heavy atom. The standard InChI is InChI=1S/C16H17ClN2O/c1-10(2)14-15(17)18-9-19-16(14)20-13-7-6-11-4-3-5-12(11)8-13/h6-10H,3-5H2,1-2H3. The van der Waals surface area contributed by atoms with Gasteiger partial charge in [-0.05, 0) is 48.4 Å². The zero-order chi connectivity index (χ0) is 14.1. The minimum absolute atomic E-state index is 0.216. The summed E-state index contributed by atoms with van der Waals surface area (Å²) in [5.41, 5.74) is 3.67. The summed E-state index contributed by atoms with van der Waals surface area (Å²) in [5, 5.41) is 0.464. The number of halogens is 1. The molecule has 1 aromatic heterocycles. The molecule has 1 heterocycles. The van der Waals surface area contributed by atoms with Gasteiger partial charge >= 0.3 is 0 Å². The second kappa shape index (κ2) is 5.41. The van der Waals surface area contributed by atoms with Crippen molar-refractivity contribution in [3.05, 3.63) is 46.4 Å². The Kier molecular flexibility index (Phi) is 3.62. The highest BCUT2D eigenvalue weighted by Crippen LogP contribution is 2.34. The zero-order valence-electron chi connectivity index (χ0n) is 11.7. The number of hydrogen-bond acceptors (Lipinski definition) is 3. The first-order chi connectivity index (χ1) is 9.65. The van der Waals surface area contributed by atoms with Crippen molar-refractivity contribution in [2.75, 3.05) is 0 Å². The van der Waals surface area contributed by atoms with Crippen LogP contribution in [-0.2, 0) is 12.8 Å². The maximum Gasteiger partial charge on any atom is 0.227 e. The molecule has 1 aromatic carbocycles. The van der Waals surface area contributed by atoms with Crippen molar-refractivity contribution in [2.24, 2.45) is 0 Å². The van der Waals surface area contributed by atoms with Gasteiger partial charge < -0.3 is 4.74 Å². The minimum atomic E-state index is 0.216. The molecule has 20 heavy (non-hydrogen) atoms. The number of ether oxygens (including phenoxy) is 1. The molecule has 3 nitrogen and oxygen atoms in total. The van der Waals surface area contributed by atoms with Crippen LogP contribution in [0.3, 0.4) is 0 Å². The first-order valence-corrected chi connectivity index (χ1v) is 7.33. The molecular formula is C16H17ClN2O. The zero-order valence-corrected chi connectivity index (χ0v) is 12.4. The minimum Gasteiger partial charge on any atom is -0.439 e. The molecule has 104 valence electrons. The van der Waals surface area contributed by atoms with Crippen molar-refractivity contribution >= 4 is 11.6 Å². The first kappa shape index (κ1) is 13.4. The SMILES string of the molecule is CC(C)c1c(Cl)ncnc1Oc1ccc2c(c1)CCC2. The van der Waals surface area contributed by atoms with Crippen molar-refractivity contribution in [3.8, 4) is 11.6 Å². The highest BCUT2D eigenvalue weighted by Gasteiger charge is 2.17. The fraction of sp³-hybridized carbons (Fsp3) is 0.375. The van der Waals surface area contributed by atoms with Crippen LogP contribution in [0.4, 0.5) is 0 Å². The van der Waals surface area contributed by atoms with Gasteiger partial charge in [0.2, 0.25) is 5.88 Å². The van der Waals surface area contributed by atoms with E-state index < -0.39 is 0 Å². The molecule has 0 fully saturated rings. The van der Waals surface area contributed by atoms with Gasteiger partial charge in [-0.3, -0.25) is 0 Å². The van der Waals surface area contributed by atoms with Gasteiger partial charge in [-0.15, -0.1) is 0 Å². The summed E-state index contributed by atoms with van der Waals surface area (Å²) >= 11 is 6.15. The summed E-state index contributed by atoms with van der Waals surface area (Å²) < 4.78 is 5.94. The molecule has 4 heteroatoms. The average molecular weight is 289 g/mol. The Bertz CT molecular complexity index is 640. The van der Waals surface area contributed by atoms with E-state index in [1.807, 2.05) is 6.07 Å². The highest BCUT2D eigenvalue weighted by molar-refractivity contribution is 6.30. The van der Waals surface area contributed by atoms with E-state index >= 15 is 0 Å². The Hall–Kier alpha value is -1.61. The Morgan fingerprint density at radius 3 is 2.75 bits per heavy atom. The van der Waals surface area contributed by atoms with E-state index in [0.717, 1.165) is 17.7 Å². The third kappa shape index (κ3) is 2.50. The molecule has 0 unspecified atom stereocenters. The van der Waals surface area contributed by atoms with E-state index in [2.05, 4.69) is 35.9 Å².